The zero-order valence-corrected chi connectivity index (χ0v) is 41.2. The predicted octanol–water partition coefficient (Wildman–Crippen LogP) is -1.35. The third-order valence-corrected chi connectivity index (χ3v) is 11.3. The monoisotopic (exact) mass is 1060 g/mol. The highest BCUT2D eigenvalue weighted by atomic mass is 32.1. The summed E-state index contributed by atoms with van der Waals surface area (Å²) < 4.78 is 0. The van der Waals surface area contributed by atoms with Gasteiger partial charge in [-0.3, -0.25) is 38.4 Å². The van der Waals surface area contributed by atoms with Crippen LogP contribution in [0.15, 0.2) is 60.7 Å². The number of amides is 8. The number of carboxylic acid groups (broad SMARTS) is 5. The van der Waals surface area contributed by atoms with Crippen LogP contribution < -0.4 is 48.3 Å². The number of nitrogens with two attached hydrogens (primary N) is 1. The summed E-state index contributed by atoms with van der Waals surface area (Å²) >= 11 is 3.85. The summed E-state index contributed by atoms with van der Waals surface area (Å²) in [6.45, 7) is -0.293. The number of unbranched alkanes of at least 4 members (excludes halogenated alkanes) is 4. The van der Waals surface area contributed by atoms with Crippen molar-refractivity contribution in [3.8, 4) is 0 Å². The number of hydrogen-bond donors (Lipinski definition) is 15. The van der Waals surface area contributed by atoms with E-state index in [4.69, 9.17) is 10.8 Å². The Morgan fingerprint density at radius 2 is 0.932 bits per heavy atom. The quantitative estimate of drug-likeness (QED) is 0.0277. The molecule has 0 aliphatic heterocycles. The first-order chi connectivity index (χ1) is 35.1. The number of thiol groups is 1. The second-order valence-electron chi connectivity index (χ2n) is 16.9. The number of rotatable bonds is 36. The van der Waals surface area contributed by atoms with E-state index < -0.39 is 139 Å². The van der Waals surface area contributed by atoms with Gasteiger partial charge in [0.1, 0.15) is 42.3 Å². The zero-order chi connectivity index (χ0) is 55.2. The smallest absolute Gasteiger partial charge is 0.327 e. The molecule has 0 aliphatic rings. The van der Waals surface area contributed by atoms with E-state index in [2.05, 4.69) is 49.8 Å². The SMILES string of the molecule is N[C@H](CNC(=O)[C@H](Cc1ccccc1)NC(=O)[C@H](Cc1ccccc1)NC(=O)CCCCCCCNC(=O)CCC(NC(=O)NC(CCC(=O)O)C(=O)O)C(=O)O)C(=O)N[C@@H](CC(=O)O)C(=O)N[C@@H](CS)C(=O)O. The van der Waals surface area contributed by atoms with Crippen LogP contribution in [-0.2, 0) is 65.6 Å². The van der Waals surface area contributed by atoms with Gasteiger partial charge in [-0.2, -0.15) is 12.6 Å². The highest BCUT2D eigenvalue weighted by molar-refractivity contribution is 7.80. The third-order valence-electron chi connectivity index (χ3n) is 10.9. The molecule has 0 aliphatic carbocycles. The Hall–Kier alpha value is -7.81. The first-order valence-corrected chi connectivity index (χ1v) is 24.1. The van der Waals surface area contributed by atoms with E-state index in [0.717, 1.165) is 0 Å². The summed E-state index contributed by atoms with van der Waals surface area (Å²) in [5, 5.41) is 64.9. The minimum absolute atomic E-state index is 0.0349. The fourth-order valence-electron chi connectivity index (χ4n) is 6.88. The van der Waals surface area contributed by atoms with Gasteiger partial charge >= 0.3 is 35.9 Å². The lowest BCUT2D eigenvalue weighted by Crippen LogP contribution is -2.58. The van der Waals surface area contributed by atoms with Crippen LogP contribution in [0.25, 0.3) is 0 Å². The maximum atomic E-state index is 14.0. The first-order valence-electron chi connectivity index (χ1n) is 23.5. The molecule has 0 saturated heterocycles. The highest BCUT2D eigenvalue weighted by Crippen LogP contribution is 2.10. The van der Waals surface area contributed by atoms with E-state index >= 15 is 0 Å². The summed E-state index contributed by atoms with van der Waals surface area (Å²) in [7, 11) is 0. The predicted molar refractivity (Wildman–Crippen MR) is 264 cm³/mol. The lowest BCUT2D eigenvalue weighted by Gasteiger charge is -2.24. The lowest BCUT2D eigenvalue weighted by atomic mass is 10.0. The number of hydrogen-bond acceptors (Lipinski definition) is 14. The van der Waals surface area contributed by atoms with Gasteiger partial charge < -0.3 is 73.8 Å². The Kier molecular flexibility index (Phi) is 28.4. The Labute approximate surface area is 430 Å². The number of carboxylic acids is 5. The Bertz CT molecular complexity index is 2240. The van der Waals surface area contributed by atoms with Crippen LogP contribution in [0.4, 0.5) is 4.79 Å². The largest absolute Gasteiger partial charge is 0.481 e. The number of benzene rings is 2. The minimum Gasteiger partial charge on any atom is -0.481 e. The molecule has 0 bridgehead atoms. The molecule has 2 rings (SSSR count). The molecule has 15 N–H and O–H groups in total. The molecular formula is C47H65N9O17S. The summed E-state index contributed by atoms with van der Waals surface area (Å²) in [5.74, 6) is -12.2. The van der Waals surface area contributed by atoms with Crippen molar-refractivity contribution in [2.24, 2.45) is 5.73 Å². The standard InChI is InChI=1S/C47H65N9O17S/c48-29(40(63)52-34(24-39(61)62)43(66)54-35(26-74)46(71)72)25-50-41(64)32(22-27-12-6-4-7-13-27)53-42(65)33(23-28-14-8-5-9-15-28)51-37(58)16-10-2-1-3-11-21-49-36(57)19-17-30(44(67)68)55-47(73)56-31(45(69)70)18-20-38(59)60/h4-9,12-15,29-35,74H,1-3,10-11,16-26,48H2,(H,49,57)(H,50,64)(H,51,58)(H,52,63)(H,53,65)(H,54,66)(H,59,60)(H,61,62)(H,67,68)(H,69,70)(H,71,72)(H2,55,56,73)/t29-,30?,31?,32+,33+,34+,35+/m1/s1. The molecule has 406 valence electrons. The maximum Gasteiger partial charge on any atom is 0.327 e. The second-order valence-corrected chi connectivity index (χ2v) is 17.3. The van der Waals surface area contributed by atoms with Crippen molar-refractivity contribution in [2.45, 2.75) is 126 Å². The molecule has 0 aromatic heterocycles. The van der Waals surface area contributed by atoms with Crippen LogP contribution in [0.2, 0.25) is 0 Å². The lowest BCUT2D eigenvalue weighted by molar-refractivity contribution is -0.143. The fourth-order valence-corrected chi connectivity index (χ4v) is 7.12. The van der Waals surface area contributed by atoms with Crippen LogP contribution in [0.1, 0.15) is 81.8 Å². The van der Waals surface area contributed by atoms with Gasteiger partial charge in [0.25, 0.3) is 0 Å². The number of aliphatic carboxylic acids is 5. The number of carbonyl (C=O) groups excluding carboxylic acids is 7. The molecule has 0 fully saturated rings. The minimum atomic E-state index is -1.73. The van der Waals surface area contributed by atoms with E-state index in [9.17, 15) is 78.0 Å². The van der Waals surface area contributed by atoms with Gasteiger partial charge in [0.2, 0.25) is 35.4 Å². The van der Waals surface area contributed by atoms with Crippen molar-refractivity contribution < 1.29 is 83.1 Å². The van der Waals surface area contributed by atoms with Crippen LogP contribution >= 0.6 is 12.6 Å². The third kappa shape index (κ3) is 25.5. The van der Waals surface area contributed by atoms with Crippen LogP contribution in [0, 0.1) is 0 Å². The average molecular weight is 1060 g/mol. The molecule has 26 nitrogen and oxygen atoms in total. The molecule has 74 heavy (non-hydrogen) atoms. The molecule has 0 heterocycles. The summed E-state index contributed by atoms with van der Waals surface area (Å²) in [6, 6.07) is 5.93. The molecule has 27 heteroatoms. The second kappa shape index (κ2) is 33.8. The van der Waals surface area contributed by atoms with E-state index in [1.54, 1.807) is 60.7 Å². The molecular weight excluding hydrogens is 995 g/mol. The van der Waals surface area contributed by atoms with Gasteiger partial charge in [-0.15, -0.1) is 0 Å². The van der Waals surface area contributed by atoms with Crippen molar-refractivity contribution >= 4 is 83.9 Å². The molecule has 0 radical (unpaired) electrons. The molecule has 8 amide bonds. The van der Waals surface area contributed by atoms with Crippen LogP contribution in [-0.4, -0.2) is 158 Å². The Morgan fingerprint density at radius 3 is 1.45 bits per heavy atom. The summed E-state index contributed by atoms with van der Waals surface area (Å²) in [6.07, 6.45) is 0.462. The fraction of sp³-hybridized carbons (Fsp3) is 0.489. The summed E-state index contributed by atoms with van der Waals surface area (Å²) in [5.41, 5.74) is 7.34. The van der Waals surface area contributed by atoms with Crippen molar-refractivity contribution in [3.05, 3.63) is 71.8 Å². The van der Waals surface area contributed by atoms with E-state index in [-0.39, 0.29) is 44.4 Å². The van der Waals surface area contributed by atoms with Gasteiger partial charge in [-0.05, 0) is 36.8 Å². The number of urea groups is 1. The Balaban J connectivity index is 1.95. The molecule has 2 aromatic rings. The van der Waals surface area contributed by atoms with Crippen molar-refractivity contribution in [3.63, 3.8) is 0 Å². The number of carbonyl (C=O) groups is 12. The summed E-state index contributed by atoms with van der Waals surface area (Å²) in [4.78, 5) is 148. The van der Waals surface area contributed by atoms with E-state index in [1.807, 2.05) is 5.32 Å². The first kappa shape index (κ1) is 62.3. The van der Waals surface area contributed by atoms with E-state index in [1.165, 1.54) is 0 Å². The van der Waals surface area contributed by atoms with Gasteiger partial charge in [0.05, 0.1) is 6.42 Å². The van der Waals surface area contributed by atoms with Crippen molar-refractivity contribution in [1.82, 2.24) is 42.5 Å². The van der Waals surface area contributed by atoms with Gasteiger partial charge in [-0.1, -0.05) is 79.9 Å². The number of nitrogens with one attached hydrogen (secondary N) is 8. The zero-order valence-electron chi connectivity index (χ0n) is 40.3. The van der Waals surface area contributed by atoms with Gasteiger partial charge in [0.15, 0.2) is 0 Å². The molecule has 2 unspecified atom stereocenters. The normalized spacial score (nSPS) is 13.6. The molecule has 0 spiro atoms. The maximum absolute atomic E-state index is 14.0. The van der Waals surface area contributed by atoms with Gasteiger partial charge in [0, 0.05) is 50.9 Å². The highest BCUT2D eigenvalue weighted by Gasteiger charge is 2.32. The molecule has 0 saturated carbocycles. The van der Waals surface area contributed by atoms with Crippen LogP contribution in [0.5, 0.6) is 0 Å². The molecule has 2 aromatic carbocycles. The average Bonchev–Trinajstić information content (AvgIpc) is 3.34. The van der Waals surface area contributed by atoms with Crippen LogP contribution in [0.3, 0.4) is 0 Å². The van der Waals surface area contributed by atoms with Gasteiger partial charge in [-0.25, -0.2) is 19.2 Å². The topological polar surface area (TPSA) is 428 Å². The Morgan fingerprint density at radius 1 is 0.459 bits per heavy atom. The van der Waals surface area contributed by atoms with Crippen molar-refractivity contribution in [2.75, 3.05) is 18.8 Å². The van der Waals surface area contributed by atoms with E-state index in [0.29, 0.717) is 43.2 Å². The molecule has 7 atom stereocenters. The van der Waals surface area contributed by atoms with Crippen molar-refractivity contribution in [1.29, 1.82) is 0 Å².